The molecule has 27 heavy (non-hydrogen) atoms. The first kappa shape index (κ1) is 18.4. The number of piperidine rings is 2. The molecule has 2 aromatic heterocycles. The molecule has 2 fully saturated rings. The van der Waals surface area contributed by atoms with Crippen molar-refractivity contribution in [3.63, 3.8) is 0 Å². The number of pyridine rings is 1. The number of imidazole rings is 1. The van der Waals surface area contributed by atoms with E-state index in [1.165, 1.54) is 18.4 Å². The number of carbonyl (C=O) groups excluding carboxylic acids is 1. The van der Waals surface area contributed by atoms with Crippen LogP contribution >= 0.6 is 0 Å². The van der Waals surface area contributed by atoms with Crippen LogP contribution in [0.5, 0.6) is 0 Å². The summed E-state index contributed by atoms with van der Waals surface area (Å²) in [6.45, 7) is 7.35. The van der Waals surface area contributed by atoms with E-state index >= 15 is 0 Å². The third kappa shape index (κ3) is 3.87. The fourth-order valence-electron chi connectivity index (χ4n) is 4.80. The summed E-state index contributed by atoms with van der Waals surface area (Å²) in [5.41, 5.74) is 3.62. The second kappa shape index (κ2) is 7.60. The summed E-state index contributed by atoms with van der Waals surface area (Å²) in [5.74, 6) is 0.283. The molecule has 2 aromatic rings. The summed E-state index contributed by atoms with van der Waals surface area (Å²) in [6, 6.07) is 4.17. The van der Waals surface area contributed by atoms with Gasteiger partial charge in [-0.05, 0) is 44.4 Å². The van der Waals surface area contributed by atoms with Gasteiger partial charge in [0.2, 0.25) is 5.91 Å². The normalized spacial score (nSPS) is 24.2. The average molecular weight is 370 g/mol. The van der Waals surface area contributed by atoms with Crippen molar-refractivity contribution in [3.8, 4) is 0 Å². The number of nitrogens with zero attached hydrogens (tertiary/aromatic N) is 4. The number of carbonyl (C=O) groups is 1. The van der Waals surface area contributed by atoms with Gasteiger partial charge in [-0.1, -0.05) is 6.07 Å². The SMILES string of the molecule is COCCN1C[C@]2(CCCN(Cc3cn4cccc(C)c4n3)C2)CCC1=O. The van der Waals surface area contributed by atoms with Gasteiger partial charge < -0.3 is 14.0 Å². The van der Waals surface area contributed by atoms with Gasteiger partial charge in [0.15, 0.2) is 0 Å². The van der Waals surface area contributed by atoms with E-state index in [1.54, 1.807) is 7.11 Å². The van der Waals surface area contributed by atoms with Gasteiger partial charge in [0.25, 0.3) is 0 Å². The second-order valence-electron chi connectivity index (χ2n) is 8.28. The van der Waals surface area contributed by atoms with Crippen LogP contribution in [-0.2, 0) is 16.1 Å². The average Bonchev–Trinajstić information content (AvgIpc) is 3.07. The lowest BCUT2D eigenvalue weighted by Gasteiger charge is -2.48. The van der Waals surface area contributed by atoms with E-state index < -0.39 is 0 Å². The standard InChI is InChI=1S/C21H30N4O2/c1-17-5-3-10-24-14-18(22-20(17)24)13-23-9-4-7-21(15-23)8-6-19(26)25(16-21)11-12-27-2/h3,5,10,14H,4,6-9,11-13,15-16H2,1-2H3/t21-/m1/s1. The zero-order valence-electron chi connectivity index (χ0n) is 16.5. The molecule has 6 nitrogen and oxygen atoms in total. The lowest BCUT2D eigenvalue weighted by molar-refractivity contribution is -0.140. The molecule has 0 aromatic carbocycles. The van der Waals surface area contributed by atoms with E-state index in [2.05, 4.69) is 40.8 Å². The fraction of sp³-hybridized carbons (Fsp3) is 0.619. The van der Waals surface area contributed by atoms with Gasteiger partial charge in [-0.15, -0.1) is 0 Å². The number of amides is 1. The highest BCUT2D eigenvalue weighted by atomic mass is 16.5. The molecule has 0 unspecified atom stereocenters. The first-order valence-electron chi connectivity index (χ1n) is 10.0. The van der Waals surface area contributed by atoms with E-state index in [0.717, 1.165) is 43.9 Å². The van der Waals surface area contributed by atoms with E-state index in [9.17, 15) is 4.79 Å². The Kier molecular flexibility index (Phi) is 5.19. The fourth-order valence-corrected chi connectivity index (χ4v) is 4.80. The number of rotatable bonds is 5. The van der Waals surface area contributed by atoms with Gasteiger partial charge in [0.05, 0.1) is 12.3 Å². The number of fused-ring (bicyclic) bond motifs is 1. The Morgan fingerprint density at radius 2 is 2.19 bits per heavy atom. The van der Waals surface area contributed by atoms with Crippen LogP contribution in [0.25, 0.3) is 5.65 Å². The van der Waals surface area contributed by atoms with Crippen LogP contribution in [0.3, 0.4) is 0 Å². The van der Waals surface area contributed by atoms with Crippen molar-refractivity contribution in [1.82, 2.24) is 19.2 Å². The molecule has 4 rings (SSSR count). The maximum atomic E-state index is 12.3. The van der Waals surface area contributed by atoms with Crippen molar-refractivity contribution in [2.45, 2.75) is 39.2 Å². The van der Waals surface area contributed by atoms with Crippen LogP contribution in [-0.4, -0.2) is 65.0 Å². The quantitative estimate of drug-likeness (QED) is 0.811. The third-order valence-corrected chi connectivity index (χ3v) is 6.17. The molecule has 1 spiro atoms. The Bertz CT molecular complexity index is 818. The van der Waals surface area contributed by atoms with E-state index in [-0.39, 0.29) is 11.3 Å². The number of likely N-dealkylation sites (tertiary alicyclic amines) is 2. The van der Waals surface area contributed by atoms with Crippen molar-refractivity contribution in [1.29, 1.82) is 0 Å². The minimum Gasteiger partial charge on any atom is -0.383 e. The Morgan fingerprint density at radius 3 is 3.00 bits per heavy atom. The number of aryl methyl sites for hydroxylation is 1. The zero-order valence-corrected chi connectivity index (χ0v) is 16.5. The molecule has 4 heterocycles. The van der Waals surface area contributed by atoms with Gasteiger partial charge in [0, 0.05) is 57.5 Å². The molecule has 1 amide bonds. The molecule has 2 aliphatic rings. The summed E-state index contributed by atoms with van der Waals surface area (Å²) in [6.07, 6.45) is 8.31. The van der Waals surface area contributed by atoms with Crippen molar-refractivity contribution in [2.75, 3.05) is 39.9 Å². The molecule has 6 heteroatoms. The molecule has 0 radical (unpaired) electrons. The van der Waals surface area contributed by atoms with Crippen LogP contribution in [0.15, 0.2) is 24.5 Å². The molecule has 0 bridgehead atoms. The van der Waals surface area contributed by atoms with Crippen molar-refractivity contribution in [2.24, 2.45) is 5.41 Å². The number of methoxy groups -OCH3 is 1. The summed E-state index contributed by atoms with van der Waals surface area (Å²) < 4.78 is 7.31. The smallest absolute Gasteiger partial charge is 0.222 e. The molecule has 2 aliphatic heterocycles. The highest BCUT2D eigenvalue weighted by Gasteiger charge is 2.41. The van der Waals surface area contributed by atoms with Crippen LogP contribution in [0.4, 0.5) is 0 Å². The minimum absolute atomic E-state index is 0.231. The third-order valence-electron chi connectivity index (χ3n) is 6.17. The molecule has 0 N–H and O–H groups in total. The van der Waals surface area contributed by atoms with Gasteiger partial charge >= 0.3 is 0 Å². The Balaban J connectivity index is 1.45. The number of ether oxygens (including phenoxy) is 1. The number of hydrogen-bond acceptors (Lipinski definition) is 4. The summed E-state index contributed by atoms with van der Waals surface area (Å²) in [5, 5.41) is 0. The summed E-state index contributed by atoms with van der Waals surface area (Å²) >= 11 is 0. The van der Waals surface area contributed by atoms with Gasteiger partial charge in [-0.3, -0.25) is 9.69 Å². The van der Waals surface area contributed by atoms with Crippen molar-refractivity contribution < 1.29 is 9.53 Å². The molecular formula is C21H30N4O2. The van der Waals surface area contributed by atoms with Crippen LogP contribution in [0.2, 0.25) is 0 Å². The second-order valence-corrected chi connectivity index (χ2v) is 8.28. The monoisotopic (exact) mass is 370 g/mol. The predicted molar refractivity (Wildman–Crippen MR) is 105 cm³/mol. The van der Waals surface area contributed by atoms with E-state index in [4.69, 9.17) is 9.72 Å². The Morgan fingerprint density at radius 1 is 1.30 bits per heavy atom. The maximum Gasteiger partial charge on any atom is 0.222 e. The van der Waals surface area contributed by atoms with Gasteiger partial charge in [0.1, 0.15) is 5.65 Å². The molecule has 0 aliphatic carbocycles. The highest BCUT2D eigenvalue weighted by molar-refractivity contribution is 5.77. The number of hydrogen-bond donors (Lipinski definition) is 0. The molecule has 2 saturated heterocycles. The summed E-state index contributed by atoms with van der Waals surface area (Å²) in [4.78, 5) is 21.7. The zero-order chi connectivity index (χ0) is 18.9. The Hall–Kier alpha value is -1.92. The van der Waals surface area contributed by atoms with Gasteiger partial charge in [-0.25, -0.2) is 4.98 Å². The Labute approximate surface area is 161 Å². The first-order chi connectivity index (χ1) is 13.1. The molecule has 146 valence electrons. The molecule has 0 saturated carbocycles. The minimum atomic E-state index is 0.231. The van der Waals surface area contributed by atoms with Crippen LogP contribution in [0.1, 0.15) is 36.9 Å². The lowest BCUT2D eigenvalue weighted by atomic mass is 9.73. The topological polar surface area (TPSA) is 50.1 Å². The van der Waals surface area contributed by atoms with Crippen LogP contribution < -0.4 is 0 Å². The van der Waals surface area contributed by atoms with E-state index in [0.29, 0.717) is 19.6 Å². The maximum absolute atomic E-state index is 12.3. The molecular weight excluding hydrogens is 340 g/mol. The number of aromatic nitrogens is 2. The van der Waals surface area contributed by atoms with Gasteiger partial charge in [-0.2, -0.15) is 0 Å². The van der Waals surface area contributed by atoms with Crippen LogP contribution in [0, 0.1) is 12.3 Å². The molecule has 1 atom stereocenters. The predicted octanol–water partition coefficient (Wildman–Crippen LogP) is 2.49. The van der Waals surface area contributed by atoms with Crippen molar-refractivity contribution >= 4 is 11.6 Å². The lowest BCUT2D eigenvalue weighted by Crippen LogP contribution is -2.54. The highest BCUT2D eigenvalue weighted by Crippen LogP contribution is 2.39. The van der Waals surface area contributed by atoms with Crippen molar-refractivity contribution in [3.05, 3.63) is 35.8 Å². The largest absolute Gasteiger partial charge is 0.383 e. The summed E-state index contributed by atoms with van der Waals surface area (Å²) in [7, 11) is 1.70. The van der Waals surface area contributed by atoms with E-state index in [1.807, 2.05) is 4.90 Å². The first-order valence-corrected chi connectivity index (χ1v) is 10.0.